The van der Waals surface area contributed by atoms with Crippen LogP contribution in [0, 0.1) is 5.41 Å². The molecule has 1 aliphatic carbocycles. The van der Waals surface area contributed by atoms with Gasteiger partial charge in [-0.25, -0.2) is 0 Å². The van der Waals surface area contributed by atoms with Crippen molar-refractivity contribution >= 4 is 0 Å². The average Bonchev–Trinajstić information content (AvgIpc) is 3.01. The van der Waals surface area contributed by atoms with E-state index in [0.29, 0.717) is 12.2 Å². The Balaban J connectivity index is 1.77. The Morgan fingerprint density at radius 3 is 2.47 bits per heavy atom. The summed E-state index contributed by atoms with van der Waals surface area (Å²) in [6.07, 6.45) is 10.1. The molecule has 0 unspecified atom stereocenters. The lowest BCUT2D eigenvalue weighted by Gasteiger charge is -2.19. The van der Waals surface area contributed by atoms with Crippen LogP contribution in [0.1, 0.15) is 53.4 Å². The zero-order chi connectivity index (χ0) is 12.3. The third-order valence-electron chi connectivity index (χ3n) is 4.78. The molecule has 17 heavy (non-hydrogen) atoms. The number of hydrogen-bond donors (Lipinski definition) is 0. The van der Waals surface area contributed by atoms with Crippen LogP contribution in [0.25, 0.3) is 0 Å². The van der Waals surface area contributed by atoms with Gasteiger partial charge in [-0.1, -0.05) is 26.0 Å². The molecule has 2 saturated heterocycles. The number of ether oxygens (including phenoxy) is 2. The summed E-state index contributed by atoms with van der Waals surface area (Å²) >= 11 is 0. The van der Waals surface area contributed by atoms with Crippen LogP contribution in [0.4, 0.5) is 0 Å². The second-order valence-electron chi connectivity index (χ2n) is 7.18. The van der Waals surface area contributed by atoms with Crippen molar-refractivity contribution in [3.8, 4) is 0 Å². The summed E-state index contributed by atoms with van der Waals surface area (Å²) in [5.74, 6) is 0. The minimum Gasteiger partial charge on any atom is -0.366 e. The van der Waals surface area contributed by atoms with E-state index in [1.54, 1.807) is 0 Å². The molecule has 2 heterocycles. The summed E-state index contributed by atoms with van der Waals surface area (Å²) < 4.78 is 11.8. The molecule has 0 aromatic carbocycles. The van der Waals surface area contributed by atoms with Crippen molar-refractivity contribution in [2.45, 2.75) is 76.8 Å². The molecule has 0 radical (unpaired) electrons. The monoisotopic (exact) mass is 236 g/mol. The van der Waals surface area contributed by atoms with E-state index in [1.807, 2.05) is 0 Å². The summed E-state index contributed by atoms with van der Waals surface area (Å²) in [7, 11) is 0. The van der Waals surface area contributed by atoms with E-state index in [2.05, 4.69) is 39.8 Å². The van der Waals surface area contributed by atoms with E-state index in [4.69, 9.17) is 9.47 Å². The van der Waals surface area contributed by atoms with Crippen molar-refractivity contribution < 1.29 is 9.47 Å². The average molecular weight is 236 g/mol. The standard InChI is InChI=1S/C15H24O2/c1-13(2)7-5-8-14(3)11(16-14)6-9-15(4)12(10-13)17-15/h5,7,11-12H,6,8-10H2,1-4H3/b7-5+/t11-,12+,14+,15-/m0/s1. The first-order valence-corrected chi connectivity index (χ1v) is 6.86. The van der Waals surface area contributed by atoms with E-state index in [9.17, 15) is 0 Å². The maximum absolute atomic E-state index is 5.92. The Kier molecular flexibility index (Phi) is 2.32. The molecule has 0 aromatic heterocycles. The highest BCUT2D eigenvalue weighted by molar-refractivity contribution is 5.12. The van der Waals surface area contributed by atoms with Gasteiger partial charge in [0.25, 0.3) is 0 Å². The first-order valence-electron chi connectivity index (χ1n) is 6.86. The van der Waals surface area contributed by atoms with Crippen molar-refractivity contribution in [1.82, 2.24) is 0 Å². The summed E-state index contributed by atoms with van der Waals surface area (Å²) in [5.41, 5.74) is 0.480. The molecule has 2 heteroatoms. The quantitative estimate of drug-likeness (QED) is 0.475. The lowest BCUT2D eigenvalue weighted by atomic mass is 9.84. The van der Waals surface area contributed by atoms with Crippen molar-refractivity contribution in [2.24, 2.45) is 5.41 Å². The zero-order valence-corrected chi connectivity index (χ0v) is 11.5. The van der Waals surface area contributed by atoms with Crippen molar-refractivity contribution in [3.05, 3.63) is 12.2 Å². The van der Waals surface area contributed by atoms with Crippen LogP contribution in [0.3, 0.4) is 0 Å². The van der Waals surface area contributed by atoms with Gasteiger partial charge < -0.3 is 9.47 Å². The topological polar surface area (TPSA) is 25.1 Å². The predicted molar refractivity (Wildman–Crippen MR) is 67.9 cm³/mol. The number of epoxide rings is 2. The predicted octanol–water partition coefficient (Wildman–Crippen LogP) is 3.46. The molecule has 2 nitrogen and oxygen atoms in total. The highest BCUT2D eigenvalue weighted by atomic mass is 16.6. The second kappa shape index (κ2) is 3.36. The third-order valence-corrected chi connectivity index (χ3v) is 4.78. The van der Waals surface area contributed by atoms with Crippen LogP contribution in [0.5, 0.6) is 0 Å². The van der Waals surface area contributed by atoms with Gasteiger partial charge >= 0.3 is 0 Å². The highest BCUT2D eigenvalue weighted by Gasteiger charge is 2.57. The van der Waals surface area contributed by atoms with Gasteiger partial charge in [0.2, 0.25) is 0 Å². The molecule has 0 amide bonds. The number of fused-ring (bicyclic) bond motifs is 2. The zero-order valence-electron chi connectivity index (χ0n) is 11.5. The Morgan fingerprint density at radius 2 is 1.71 bits per heavy atom. The van der Waals surface area contributed by atoms with Gasteiger partial charge in [0, 0.05) is 0 Å². The number of allylic oxidation sites excluding steroid dienone is 1. The van der Waals surface area contributed by atoms with E-state index in [1.165, 1.54) is 0 Å². The first-order chi connectivity index (χ1) is 7.83. The minimum absolute atomic E-state index is 0.109. The summed E-state index contributed by atoms with van der Waals surface area (Å²) in [6, 6.07) is 0. The smallest absolute Gasteiger partial charge is 0.0954 e. The summed E-state index contributed by atoms with van der Waals surface area (Å²) in [5, 5.41) is 0. The largest absolute Gasteiger partial charge is 0.366 e. The first kappa shape index (κ1) is 11.7. The number of hydrogen-bond acceptors (Lipinski definition) is 2. The molecule has 0 aromatic rings. The van der Waals surface area contributed by atoms with E-state index in [-0.39, 0.29) is 16.6 Å². The van der Waals surface area contributed by atoms with Crippen molar-refractivity contribution in [1.29, 1.82) is 0 Å². The van der Waals surface area contributed by atoms with Crippen LogP contribution >= 0.6 is 0 Å². The summed E-state index contributed by atoms with van der Waals surface area (Å²) in [6.45, 7) is 9.10. The van der Waals surface area contributed by atoms with Gasteiger partial charge in [-0.15, -0.1) is 0 Å². The fourth-order valence-corrected chi connectivity index (χ4v) is 3.18. The molecule has 0 N–H and O–H groups in total. The Labute approximate surface area is 104 Å². The van der Waals surface area contributed by atoms with Gasteiger partial charge in [-0.05, 0) is 44.9 Å². The molecular formula is C15H24O2. The number of rotatable bonds is 0. The molecule has 96 valence electrons. The molecule has 0 saturated carbocycles. The maximum Gasteiger partial charge on any atom is 0.0954 e. The van der Waals surface area contributed by atoms with Gasteiger partial charge in [0.1, 0.15) is 0 Å². The molecule has 2 fully saturated rings. The molecule has 2 aliphatic heterocycles. The van der Waals surface area contributed by atoms with Crippen LogP contribution in [-0.4, -0.2) is 23.4 Å². The SMILES string of the molecule is CC1(C)/C=C/C[C@@]2(C)O[C@H]2CC[C@]2(C)O[C@@H]2C1. The minimum atomic E-state index is 0.109. The van der Waals surface area contributed by atoms with Crippen LogP contribution < -0.4 is 0 Å². The van der Waals surface area contributed by atoms with E-state index < -0.39 is 0 Å². The Morgan fingerprint density at radius 1 is 1.00 bits per heavy atom. The normalized spacial score (nSPS) is 53.9. The second-order valence-corrected chi connectivity index (χ2v) is 7.18. The maximum atomic E-state index is 5.92. The lowest BCUT2D eigenvalue weighted by molar-refractivity contribution is 0.267. The van der Waals surface area contributed by atoms with E-state index >= 15 is 0 Å². The molecule has 3 rings (SSSR count). The van der Waals surface area contributed by atoms with Gasteiger partial charge in [-0.2, -0.15) is 0 Å². The summed E-state index contributed by atoms with van der Waals surface area (Å²) in [4.78, 5) is 0. The fourth-order valence-electron chi connectivity index (χ4n) is 3.18. The van der Waals surface area contributed by atoms with Crippen LogP contribution in [-0.2, 0) is 9.47 Å². The Hall–Kier alpha value is -0.340. The van der Waals surface area contributed by atoms with Gasteiger partial charge in [0.05, 0.1) is 23.4 Å². The van der Waals surface area contributed by atoms with Crippen molar-refractivity contribution in [3.63, 3.8) is 0 Å². The highest BCUT2D eigenvalue weighted by Crippen LogP contribution is 2.51. The van der Waals surface area contributed by atoms with Gasteiger partial charge in [-0.3, -0.25) is 0 Å². The lowest BCUT2D eigenvalue weighted by Crippen LogP contribution is -2.17. The van der Waals surface area contributed by atoms with Crippen LogP contribution in [0.15, 0.2) is 12.2 Å². The fraction of sp³-hybridized carbons (Fsp3) is 0.867. The van der Waals surface area contributed by atoms with Crippen molar-refractivity contribution in [2.75, 3.05) is 0 Å². The molecule has 3 aliphatic rings. The molecule has 0 spiro atoms. The van der Waals surface area contributed by atoms with Crippen LogP contribution in [0.2, 0.25) is 0 Å². The Bertz CT molecular complexity index is 360. The van der Waals surface area contributed by atoms with E-state index in [0.717, 1.165) is 25.7 Å². The molecular weight excluding hydrogens is 212 g/mol. The third kappa shape index (κ3) is 2.17. The van der Waals surface area contributed by atoms with Gasteiger partial charge in [0.15, 0.2) is 0 Å². The molecule has 4 atom stereocenters. The molecule has 0 bridgehead atoms.